The van der Waals surface area contributed by atoms with E-state index < -0.39 is 0 Å². The molecule has 1 aliphatic heterocycles. The van der Waals surface area contributed by atoms with Gasteiger partial charge in [0.25, 0.3) is 5.91 Å². The van der Waals surface area contributed by atoms with E-state index in [1.807, 2.05) is 0 Å². The summed E-state index contributed by atoms with van der Waals surface area (Å²) in [6.45, 7) is 6.13. The standard InChI is InChI=1S/C13H20N4O2/c1-2-17-6-7-19-10(9-17)8-16-13(18)11-4-3-5-15-12(11)14/h3-5,10H,2,6-9H2,1H3,(H2,14,15)(H,16,18). The third-order valence-corrected chi connectivity index (χ3v) is 3.24. The van der Waals surface area contributed by atoms with Crippen molar-refractivity contribution in [2.75, 3.05) is 38.5 Å². The fourth-order valence-electron chi connectivity index (χ4n) is 2.10. The van der Waals surface area contributed by atoms with Gasteiger partial charge in [-0.2, -0.15) is 0 Å². The first-order valence-electron chi connectivity index (χ1n) is 6.53. The minimum atomic E-state index is -0.206. The molecule has 1 saturated heterocycles. The van der Waals surface area contributed by atoms with E-state index in [4.69, 9.17) is 10.5 Å². The maximum absolute atomic E-state index is 12.0. The van der Waals surface area contributed by atoms with Crippen LogP contribution in [0.4, 0.5) is 5.82 Å². The van der Waals surface area contributed by atoms with Crippen LogP contribution in [-0.2, 0) is 4.74 Å². The van der Waals surface area contributed by atoms with Gasteiger partial charge in [0, 0.05) is 25.8 Å². The number of hydrogen-bond donors (Lipinski definition) is 2. The fraction of sp³-hybridized carbons (Fsp3) is 0.538. The van der Waals surface area contributed by atoms with Crippen molar-refractivity contribution in [1.29, 1.82) is 0 Å². The van der Waals surface area contributed by atoms with Gasteiger partial charge in [-0.1, -0.05) is 6.92 Å². The lowest BCUT2D eigenvalue weighted by molar-refractivity contribution is -0.0246. The van der Waals surface area contributed by atoms with Gasteiger partial charge in [0.15, 0.2) is 0 Å². The number of nitrogens with two attached hydrogens (primary N) is 1. The van der Waals surface area contributed by atoms with E-state index in [9.17, 15) is 4.79 Å². The summed E-state index contributed by atoms with van der Waals surface area (Å²) in [4.78, 5) is 18.2. The summed E-state index contributed by atoms with van der Waals surface area (Å²) in [7, 11) is 0. The summed E-state index contributed by atoms with van der Waals surface area (Å²) in [5, 5.41) is 2.84. The Morgan fingerprint density at radius 1 is 1.68 bits per heavy atom. The summed E-state index contributed by atoms with van der Waals surface area (Å²) < 4.78 is 5.62. The van der Waals surface area contributed by atoms with Crippen LogP contribution >= 0.6 is 0 Å². The monoisotopic (exact) mass is 264 g/mol. The first-order chi connectivity index (χ1) is 9.20. The van der Waals surface area contributed by atoms with Crippen molar-refractivity contribution in [2.45, 2.75) is 13.0 Å². The molecule has 6 heteroatoms. The molecule has 19 heavy (non-hydrogen) atoms. The van der Waals surface area contributed by atoms with Gasteiger partial charge in [0.1, 0.15) is 5.82 Å². The molecule has 0 spiro atoms. The molecule has 1 unspecified atom stereocenters. The van der Waals surface area contributed by atoms with Gasteiger partial charge in [0.2, 0.25) is 0 Å². The van der Waals surface area contributed by atoms with E-state index >= 15 is 0 Å². The molecule has 0 radical (unpaired) electrons. The number of morpholine rings is 1. The highest BCUT2D eigenvalue weighted by Gasteiger charge is 2.20. The Morgan fingerprint density at radius 3 is 3.26 bits per heavy atom. The third kappa shape index (κ3) is 3.65. The molecule has 2 rings (SSSR count). The van der Waals surface area contributed by atoms with Crippen LogP contribution in [-0.4, -0.2) is 54.7 Å². The topological polar surface area (TPSA) is 80.5 Å². The molecule has 3 N–H and O–H groups in total. The van der Waals surface area contributed by atoms with Gasteiger partial charge >= 0.3 is 0 Å². The van der Waals surface area contributed by atoms with Crippen molar-refractivity contribution in [2.24, 2.45) is 0 Å². The Labute approximate surface area is 112 Å². The Bertz CT molecular complexity index is 438. The molecule has 1 aliphatic rings. The maximum Gasteiger partial charge on any atom is 0.255 e. The molecular formula is C13H20N4O2. The predicted molar refractivity (Wildman–Crippen MR) is 72.8 cm³/mol. The minimum absolute atomic E-state index is 0.0375. The summed E-state index contributed by atoms with van der Waals surface area (Å²) in [6.07, 6.45) is 1.60. The van der Waals surface area contributed by atoms with E-state index in [0.717, 1.165) is 19.6 Å². The minimum Gasteiger partial charge on any atom is -0.383 e. The van der Waals surface area contributed by atoms with Gasteiger partial charge < -0.3 is 15.8 Å². The lowest BCUT2D eigenvalue weighted by atomic mass is 10.2. The summed E-state index contributed by atoms with van der Waals surface area (Å²) >= 11 is 0. The number of nitrogens with zero attached hydrogens (tertiary/aromatic N) is 2. The molecule has 6 nitrogen and oxygen atoms in total. The molecule has 2 heterocycles. The molecule has 1 aromatic heterocycles. The number of hydrogen-bond acceptors (Lipinski definition) is 5. The number of pyridine rings is 1. The molecule has 0 aliphatic carbocycles. The summed E-state index contributed by atoms with van der Waals surface area (Å²) in [6, 6.07) is 3.36. The highest BCUT2D eigenvalue weighted by Crippen LogP contribution is 2.07. The van der Waals surface area contributed by atoms with Crippen LogP contribution in [0.15, 0.2) is 18.3 Å². The Kier molecular flexibility index (Phi) is 4.70. The van der Waals surface area contributed by atoms with Crippen LogP contribution in [0.2, 0.25) is 0 Å². The number of nitrogen functional groups attached to an aromatic ring is 1. The van der Waals surface area contributed by atoms with E-state index in [-0.39, 0.29) is 17.8 Å². The number of carbonyl (C=O) groups is 1. The van der Waals surface area contributed by atoms with Crippen LogP contribution in [0, 0.1) is 0 Å². The average molecular weight is 264 g/mol. The molecule has 1 fully saturated rings. The van der Waals surface area contributed by atoms with E-state index in [1.54, 1.807) is 18.3 Å². The first kappa shape index (κ1) is 13.8. The number of amides is 1. The number of nitrogens with one attached hydrogen (secondary N) is 1. The molecular weight excluding hydrogens is 244 g/mol. The third-order valence-electron chi connectivity index (χ3n) is 3.24. The molecule has 1 aromatic rings. The zero-order chi connectivity index (χ0) is 13.7. The highest BCUT2D eigenvalue weighted by molar-refractivity contribution is 5.98. The second-order valence-electron chi connectivity index (χ2n) is 4.53. The zero-order valence-corrected chi connectivity index (χ0v) is 11.1. The van der Waals surface area contributed by atoms with Crippen LogP contribution in [0.25, 0.3) is 0 Å². The van der Waals surface area contributed by atoms with Gasteiger partial charge in [-0.25, -0.2) is 4.98 Å². The van der Waals surface area contributed by atoms with Gasteiger partial charge in [0.05, 0.1) is 18.3 Å². The van der Waals surface area contributed by atoms with Crippen LogP contribution in [0.5, 0.6) is 0 Å². The zero-order valence-electron chi connectivity index (χ0n) is 11.1. The lowest BCUT2D eigenvalue weighted by Crippen LogP contribution is -2.47. The predicted octanol–water partition coefficient (Wildman–Crippen LogP) is 0.114. The van der Waals surface area contributed by atoms with Crippen molar-refractivity contribution >= 4 is 11.7 Å². The number of ether oxygens (including phenoxy) is 1. The number of rotatable bonds is 4. The van der Waals surface area contributed by atoms with Crippen molar-refractivity contribution in [1.82, 2.24) is 15.2 Å². The second-order valence-corrected chi connectivity index (χ2v) is 4.53. The van der Waals surface area contributed by atoms with Crippen LogP contribution in [0.1, 0.15) is 17.3 Å². The second kappa shape index (κ2) is 6.49. The number of anilines is 1. The van der Waals surface area contributed by atoms with E-state index in [1.165, 1.54) is 0 Å². The Morgan fingerprint density at radius 2 is 2.53 bits per heavy atom. The maximum atomic E-state index is 12.0. The number of aromatic nitrogens is 1. The molecule has 1 atom stereocenters. The molecule has 104 valence electrons. The van der Waals surface area contributed by atoms with Crippen LogP contribution < -0.4 is 11.1 Å². The smallest absolute Gasteiger partial charge is 0.255 e. The van der Waals surface area contributed by atoms with Gasteiger partial charge in [-0.15, -0.1) is 0 Å². The van der Waals surface area contributed by atoms with Crippen molar-refractivity contribution in [3.63, 3.8) is 0 Å². The normalized spacial score (nSPS) is 20.2. The van der Waals surface area contributed by atoms with Crippen LogP contribution in [0.3, 0.4) is 0 Å². The summed E-state index contributed by atoms with van der Waals surface area (Å²) in [5.74, 6) is 0.0440. The molecule has 0 bridgehead atoms. The highest BCUT2D eigenvalue weighted by atomic mass is 16.5. The van der Waals surface area contributed by atoms with Crippen molar-refractivity contribution in [3.8, 4) is 0 Å². The summed E-state index contributed by atoms with van der Waals surface area (Å²) in [5.41, 5.74) is 6.07. The van der Waals surface area contributed by atoms with Gasteiger partial charge in [-0.3, -0.25) is 9.69 Å². The first-order valence-corrected chi connectivity index (χ1v) is 6.53. The quantitative estimate of drug-likeness (QED) is 0.807. The average Bonchev–Trinajstić information content (AvgIpc) is 2.45. The van der Waals surface area contributed by atoms with Crippen molar-refractivity contribution < 1.29 is 9.53 Å². The Hall–Kier alpha value is -1.66. The van der Waals surface area contributed by atoms with Gasteiger partial charge in [-0.05, 0) is 18.7 Å². The Balaban J connectivity index is 1.85. The molecule has 0 saturated carbocycles. The van der Waals surface area contributed by atoms with E-state index in [0.29, 0.717) is 18.7 Å². The largest absolute Gasteiger partial charge is 0.383 e. The number of carbonyl (C=O) groups excluding carboxylic acids is 1. The molecule has 1 amide bonds. The van der Waals surface area contributed by atoms with E-state index in [2.05, 4.69) is 22.1 Å². The molecule has 0 aromatic carbocycles. The SMILES string of the molecule is CCN1CCOC(CNC(=O)c2cccnc2N)C1. The number of likely N-dealkylation sites (N-methyl/N-ethyl adjacent to an activating group) is 1. The van der Waals surface area contributed by atoms with Crippen molar-refractivity contribution in [3.05, 3.63) is 23.9 Å². The lowest BCUT2D eigenvalue weighted by Gasteiger charge is -2.32. The fourth-order valence-corrected chi connectivity index (χ4v) is 2.10.